The topological polar surface area (TPSA) is 75.2 Å². The van der Waals surface area contributed by atoms with Crippen LogP contribution in [-0.4, -0.2) is 39.8 Å². The molecule has 120 valence electrons. The van der Waals surface area contributed by atoms with Gasteiger partial charge in [-0.1, -0.05) is 6.42 Å². The Kier molecular flexibility index (Phi) is 5.86. The number of rotatable bonds is 5. The average Bonchev–Trinajstić information content (AvgIpc) is 2.66. The number of aromatic nitrogens is 2. The zero-order chi connectivity index (χ0) is 15.9. The van der Waals surface area contributed by atoms with E-state index in [0.717, 1.165) is 37.2 Å². The molecular weight excluding hydrogens is 280 g/mol. The fourth-order valence-electron chi connectivity index (χ4n) is 2.66. The standard InChI is InChI=1S/C16H24N4O2/c1-12-10-13(2)19-14(18-12)11-17-15(21)7-9-20-8-5-3-4-6-16(20)22/h10H,3-9,11H2,1-2H3,(H,17,21). The van der Waals surface area contributed by atoms with Crippen molar-refractivity contribution in [3.05, 3.63) is 23.3 Å². The van der Waals surface area contributed by atoms with E-state index in [9.17, 15) is 9.59 Å². The number of hydrogen-bond donors (Lipinski definition) is 1. The Hall–Kier alpha value is -1.98. The molecule has 0 spiro atoms. The highest BCUT2D eigenvalue weighted by molar-refractivity contribution is 5.79. The molecule has 0 atom stereocenters. The molecule has 1 fully saturated rings. The van der Waals surface area contributed by atoms with Gasteiger partial charge in [0.25, 0.3) is 0 Å². The van der Waals surface area contributed by atoms with Crippen LogP contribution >= 0.6 is 0 Å². The zero-order valence-corrected chi connectivity index (χ0v) is 13.4. The van der Waals surface area contributed by atoms with Crippen LogP contribution in [0.15, 0.2) is 6.07 Å². The molecule has 1 saturated heterocycles. The van der Waals surface area contributed by atoms with E-state index in [0.29, 0.717) is 31.8 Å². The van der Waals surface area contributed by atoms with Crippen molar-refractivity contribution in [2.24, 2.45) is 0 Å². The Bertz CT molecular complexity index is 525. The highest BCUT2D eigenvalue weighted by atomic mass is 16.2. The van der Waals surface area contributed by atoms with Gasteiger partial charge >= 0.3 is 0 Å². The molecule has 2 heterocycles. The molecule has 0 bridgehead atoms. The summed E-state index contributed by atoms with van der Waals surface area (Å²) in [7, 11) is 0. The first kappa shape index (κ1) is 16.4. The number of nitrogens with zero attached hydrogens (tertiary/aromatic N) is 3. The molecule has 0 aromatic carbocycles. The Labute approximate surface area is 131 Å². The Balaban J connectivity index is 1.76. The molecular formula is C16H24N4O2. The number of carbonyl (C=O) groups is 2. The molecule has 22 heavy (non-hydrogen) atoms. The SMILES string of the molecule is Cc1cc(C)nc(CNC(=O)CCN2CCCCCC2=O)n1. The first-order valence-corrected chi connectivity index (χ1v) is 7.90. The lowest BCUT2D eigenvalue weighted by Crippen LogP contribution is -2.34. The van der Waals surface area contributed by atoms with Gasteiger partial charge in [-0.15, -0.1) is 0 Å². The van der Waals surface area contributed by atoms with Crippen LogP contribution < -0.4 is 5.32 Å². The highest BCUT2D eigenvalue weighted by Crippen LogP contribution is 2.11. The van der Waals surface area contributed by atoms with Crippen molar-refractivity contribution in [2.75, 3.05) is 13.1 Å². The third kappa shape index (κ3) is 5.09. The largest absolute Gasteiger partial charge is 0.349 e. The van der Waals surface area contributed by atoms with Crippen LogP contribution in [0, 0.1) is 13.8 Å². The lowest BCUT2D eigenvalue weighted by atomic mass is 10.2. The fourth-order valence-corrected chi connectivity index (χ4v) is 2.66. The van der Waals surface area contributed by atoms with Crippen molar-refractivity contribution in [3.8, 4) is 0 Å². The molecule has 1 aliphatic heterocycles. The van der Waals surface area contributed by atoms with Crippen LogP contribution in [0.5, 0.6) is 0 Å². The molecule has 6 nitrogen and oxygen atoms in total. The van der Waals surface area contributed by atoms with Gasteiger partial charge in [0.05, 0.1) is 6.54 Å². The van der Waals surface area contributed by atoms with Crippen molar-refractivity contribution in [3.63, 3.8) is 0 Å². The number of aryl methyl sites for hydroxylation is 2. The van der Waals surface area contributed by atoms with Gasteiger partial charge in [0.2, 0.25) is 11.8 Å². The molecule has 6 heteroatoms. The van der Waals surface area contributed by atoms with Crippen molar-refractivity contribution in [1.82, 2.24) is 20.2 Å². The van der Waals surface area contributed by atoms with E-state index in [1.165, 1.54) is 0 Å². The summed E-state index contributed by atoms with van der Waals surface area (Å²) in [5, 5.41) is 2.82. The first-order chi connectivity index (χ1) is 10.5. The molecule has 1 aromatic rings. The maximum Gasteiger partial charge on any atom is 0.222 e. The summed E-state index contributed by atoms with van der Waals surface area (Å²) in [6.07, 6.45) is 4.03. The minimum atomic E-state index is -0.0696. The van der Waals surface area contributed by atoms with Gasteiger partial charge in [-0.2, -0.15) is 0 Å². The van der Waals surface area contributed by atoms with Gasteiger partial charge < -0.3 is 10.2 Å². The van der Waals surface area contributed by atoms with Gasteiger partial charge in [-0.3, -0.25) is 9.59 Å². The second kappa shape index (κ2) is 7.87. The summed E-state index contributed by atoms with van der Waals surface area (Å²) in [6.45, 7) is 5.41. The molecule has 0 unspecified atom stereocenters. The Morgan fingerprint density at radius 1 is 1.23 bits per heavy atom. The number of nitrogens with one attached hydrogen (secondary N) is 1. The number of hydrogen-bond acceptors (Lipinski definition) is 4. The third-order valence-electron chi connectivity index (χ3n) is 3.75. The second-order valence-electron chi connectivity index (χ2n) is 5.79. The van der Waals surface area contributed by atoms with Crippen LogP contribution in [0.3, 0.4) is 0 Å². The second-order valence-corrected chi connectivity index (χ2v) is 5.79. The monoisotopic (exact) mass is 304 g/mol. The maximum atomic E-state index is 11.9. The average molecular weight is 304 g/mol. The van der Waals surface area contributed by atoms with Gasteiger partial charge in [0, 0.05) is 37.3 Å². The van der Waals surface area contributed by atoms with Crippen LogP contribution in [-0.2, 0) is 16.1 Å². The van der Waals surface area contributed by atoms with E-state index in [-0.39, 0.29) is 11.8 Å². The summed E-state index contributed by atoms with van der Waals surface area (Å²) < 4.78 is 0. The summed E-state index contributed by atoms with van der Waals surface area (Å²) in [4.78, 5) is 34.2. The maximum absolute atomic E-state index is 11.9. The van der Waals surface area contributed by atoms with Crippen molar-refractivity contribution in [1.29, 1.82) is 0 Å². The van der Waals surface area contributed by atoms with Crippen LogP contribution in [0.25, 0.3) is 0 Å². The third-order valence-corrected chi connectivity index (χ3v) is 3.75. The van der Waals surface area contributed by atoms with Gasteiger partial charge in [0.15, 0.2) is 0 Å². The molecule has 0 radical (unpaired) electrons. The number of amides is 2. The molecule has 2 rings (SSSR count). The van der Waals surface area contributed by atoms with Crippen molar-refractivity contribution < 1.29 is 9.59 Å². The number of likely N-dealkylation sites (tertiary alicyclic amines) is 1. The van der Waals surface area contributed by atoms with Crippen LogP contribution in [0.2, 0.25) is 0 Å². The fraction of sp³-hybridized carbons (Fsp3) is 0.625. The van der Waals surface area contributed by atoms with Gasteiger partial charge in [0.1, 0.15) is 5.82 Å². The molecule has 0 saturated carbocycles. The smallest absolute Gasteiger partial charge is 0.222 e. The lowest BCUT2D eigenvalue weighted by Gasteiger charge is -2.19. The summed E-state index contributed by atoms with van der Waals surface area (Å²) >= 11 is 0. The van der Waals surface area contributed by atoms with E-state index in [2.05, 4.69) is 15.3 Å². The minimum Gasteiger partial charge on any atom is -0.349 e. The predicted octanol–water partition coefficient (Wildman–Crippen LogP) is 1.50. The summed E-state index contributed by atoms with van der Waals surface area (Å²) in [6, 6.07) is 1.90. The van der Waals surface area contributed by atoms with Crippen LogP contribution in [0.4, 0.5) is 0 Å². The van der Waals surface area contributed by atoms with E-state index in [1.54, 1.807) is 4.90 Å². The first-order valence-electron chi connectivity index (χ1n) is 7.90. The molecule has 2 amide bonds. The predicted molar refractivity (Wildman–Crippen MR) is 83.0 cm³/mol. The number of carbonyl (C=O) groups excluding carboxylic acids is 2. The van der Waals surface area contributed by atoms with Crippen molar-refractivity contribution >= 4 is 11.8 Å². The van der Waals surface area contributed by atoms with Crippen LogP contribution in [0.1, 0.15) is 49.3 Å². The van der Waals surface area contributed by atoms with Gasteiger partial charge in [-0.05, 0) is 32.8 Å². The molecule has 1 aromatic heterocycles. The zero-order valence-electron chi connectivity index (χ0n) is 13.4. The Morgan fingerprint density at radius 3 is 2.68 bits per heavy atom. The summed E-state index contributed by atoms with van der Waals surface area (Å²) in [5.41, 5.74) is 1.79. The minimum absolute atomic E-state index is 0.0696. The quantitative estimate of drug-likeness (QED) is 0.894. The van der Waals surface area contributed by atoms with Crippen molar-refractivity contribution in [2.45, 2.75) is 52.5 Å². The van der Waals surface area contributed by atoms with E-state index in [4.69, 9.17) is 0 Å². The van der Waals surface area contributed by atoms with Gasteiger partial charge in [-0.25, -0.2) is 9.97 Å². The Morgan fingerprint density at radius 2 is 1.95 bits per heavy atom. The van der Waals surface area contributed by atoms with E-state index in [1.807, 2.05) is 19.9 Å². The highest BCUT2D eigenvalue weighted by Gasteiger charge is 2.17. The molecule has 1 N–H and O–H groups in total. The molecule has 1 aliphatic rings. The summed E-state index contributed by atoms with van der Waals surface area (Å²) in [5.74, 6) is 0.722. The normalized spacial score (nSPS) is 15.5. The van der Waals surface area contributed by atoms with E-state index >= 15 is 0 Å². The molecule has 0 aliphatic carbocycles. The van der Waals surface area contributed by atoms with E-state index < -0.39 is 0 Å². The lowest BCUT2D eigenvalue weighted by molar-refractivity contribution is -0.131.